The number of carbonyl (C=O) groups is 1. The van der Waals surface area contributed by atoms with Crippen molar-refractivity contribution >= 4 is 27.3 Å². The number of H-pyrrole nitrogens is 1. The van der Waals surface area contributed by atoms with Crippen molar-refractivity contribution in [2.45, 2.75) is 6.04 Å². The summed E-state index contributed by atoms with van der Waals surface area (Å²) in [6, 6.07) is 11.8. The second kappa shape index (κ2) is 5.55. The lowest BCUT2D eigenvalue weighted by Gasteiger charge is -2.34. The Balaban J connectivity index is 1.67. The molecule has 6 heteroatoms. The minimum Gasteiger partial charge on any atom is -0.377 e. The summed E-state index contributed by atoms with van der Waals surface area (Å²) in [4.78, 5) is 15.6. The van der Waals surface area contributed by atoms with Crippen molar-refractivity contribution in [3.63, 3.8) is 0 Å². The van der Waals surface area contributed by atoms with Crippen LogP contribution in [0.1, 0.15) is 21.4 Å². The zero-order valence-corrected chi connectivity index (χ0v) is 12.7. The molecule has 1 aliphatic rings. The molecule has 1 atom stereocenters. The zero-order valence-electron chi connectivity index (χ0n) is 11.9. The molecule has 2 aromatic heterocycles. The Morgan fingerprint density at radius 3 is 3.09 bits per heavy atom. The maximum Gasteiger partial charge on any atom is 0.264 e. The minimum absolute atomic E-state index is 0.0594. The summed E-state index contributed by atoms with van der Waals surface area (Å²) in [7, 11) is 0. The fourth-order valence-corrected chi connectivity index (χ4v) is 3.80. The molecule has 0 radical (unpaired) electrons. The SMILES string of the molecule is O=C(c1cc2ccccc2s1)N1CCOCC1c1ccn[nH]1. The smallest absolute Gasteiger partial charge is 0.264 e. The number of ether oxygens (including phenoxy) is 1. The molecular weight excluding hydrogens is 298 g/mol. The first-order valence-electron chi connectivity index (χ1n) is 7.19. The summed E-state index contributed by atoms with van der Waals surface area (Å²) in [5.74, 6) is 0.0594. The molecule has 0 aliphatic carbocycles. The van der Waals surface area contributed by atoms with Crippen LogP contribution in [0.4, 0.5) is 0 Å². The molecule has 0 spiro atoms. The molecule has 22 heavy (non-hydrogen) atoms. The highest BCUT2D eigenvalue weighted by molar-refractivity contribution is 7.20. The number of hydrogen-bond acceptors (Lipinski definition) is 4. The number of carbonyl (C=O) groups excluding carboxylic acids is 1. The first-order chi connectivity index (χ1) is 10.8. The van der Waals surface area contributed by atoms with Crippen LogP contribution in [-0.4, -0.2) is 40.8 Å². The highest BCUT2D eigenvalue weighted by Crippen LogP contribution is 2.30. The number of nitrogens with one attached hydrogen (secondary N) is 1. The number of thiophene rings is 1. The van der Waals surface area contributed by atoms with Crippen LogP contribution >= 0.6 is 11.3 Å². The van der Waals surface area contributed by atoms with Gasteiger partial charge in [0.05, 0.1) is 29.8 Å². The molecule has 0 bridgehead atoms. The number of aromatic amines is 1. The normalized spacial score (nSPS) is 18.7. The summed E-state index contributed by atoms with van der Waals surface area (Å²) in [6.45, 7) is 1.66. The van der Waals surface area contributed by atoms with E-state index in [1.54, 1.807) is 17.5 Å². The first-order valence-corrected chi connectivity index (χ1v) is 8.01. The van der Waals surface area contributed by atoms with Crippen LogP contribution in [0.2, 0.25) is 0 Å². The van der Waals surface area contributed by atoms with E-state index in [-0.39, 0.29) is 11.9 Å². The topological polar surface area (TPSA) is 58.2 Å². The fourth-order valence-electron chi connectivity index (χ4n) is 2.79. The van der Waals surface area contributed by atoms with E-state index < -0.39 is 0 Å². The third kappa shape index (κ3) is 2.30. The largest absolute Gasteiger partial charge is 0.377 e. The van der Waals surface area contributed by atoms with Gasteiger partial charge < -0.3 is 9.64 Å². The molecule has 1 N–H and O–H groups in total. The molecule has 1 aromatic carbocycles. The van der Waals surface area contributed by atoms with Crippen LogP contribution < -0.4 is 0 Å². The standard InChI is InChI=1S/C16H15N3O2S/c20-16(15-9-11-3-1-2-4-14(11)22-15)19-7-8-21-10-13(19)12-5-6-17-18-12/h1-6,9,13H,7-8,10H2,(H,17,18). The van der Waals surface area contributed by atoms with Crippen molar-refractivity contribution in [1.29, 1.82) is 0 Å². The van der Waals surface area contributed by atoms with Gasteiger partial charge in [0.2, 0.25) is 0 Å². The monoisotopic (exact) mass is 313 g/mol. The first kappa shape index (κ1) is 13.5. The lowest BCUT2D eigenvalue weighted by Crippen LogP contribution is -2.43. The van der Waals surface area contributed by atoms with Crippen molar-refractivity contribution in [2.24, 2.45) is 0 Å². The Kier molecular flexibility index (Phi) is 3.40. The van der Waals surface area contributed by atoms with Crippen molar-refractivity contribution in [3.05, 3.63) is 53.2 Å². The lowest BCUT2D eigenvalue weighted by atomic mass is 10.1. The molecule has 1 fully saturated rings. The van der Waals surface area contributed by atoms with E-state index in [1.165, 1.54) is 0 Å². The molecule has 1 amide bonds. The Bertz CT molecular complexity index is 764. The highest BCUT2D eigenvalue weighted by Gasteiger charge is 2.31. The van der Waals surface area contributed by atoms with Crippen molar-refractivity contribution < 1.29 is 9.53 Å². The van der Waals surface area contributed by atoms with Gasteiger partial charge in [0.15, 0.2) is 0 Å². The van der Waals surface area contributed by atoms with E-state index in [0.717, 1.165) is 20.7 Å². The Hall–Kier alpha value is -2.18. The van der Waals surface area contributed by atoms with Gasteiger partial charge in [-0.15, -0.1) is 11.3 Å². The maximum atomic E-state index is 12.9. The molecule has 1 saturated heterocycles. The number of hydrogen-bond donors (Lipinski definition) is 1. The number of nitrogens with zero attached hydrogens (tertiary/aromatic N) is 2. The highest BCUT2D eigenvalue weighted by atomic mass is 32.1. The van der Waals surface area contributed by atoms with Gasteiger partial charge in [-0.05, 0) is 23.6 Å². The van der Waals surface area contributed by atoms with Gasteiger partial charge in [-0.2, -0.15) is 5.10 Å². The quantitative estimate of drug-likeness (QED) is 0.791. The molecule has 112 valence electrons. The van der Waals surface area contributed by atoms with Gasteiger partial charge in [0.1, 0.15) is 0 Å². The van der Waals surface area contributed by atoms with Gasteiger partial charge in [-0.1, -0.05) is 18.2 Å². The van der Waals surface area contributed by atoms with E-state index in [1.807, 2.05) is 41.3 Å². The number of rotatable bonds is 2. The molecule has 3 heterocycles. The Labute approximate surface area is 131 Å². The van der Waals surface area contributed by atoms with Crippen LogP contribution in [0.15, 0.2) is 42.6 Å². The maximum absolute atomic E-state index is 12.9. The average molecular weight is 313 g/mol. The summed E-state index contributed by atoms with van der Waals surface area (Å²) in [5, 5.41) is 8.05. The summed E-state index contributed by atoms with van der Waals surface area (Å²) >= 11 is 1.54. The molecular formula is C16H15N3O2S. The van der Waals surface area contributed by atoms with Crippen molar-refractivity contribution in [3.8, 4) is 0 Å². The predicted octanol–water partition coefficient (Wildman–Crippen LogP) is 2.84. The van der Waals surface area contributed by atoms with E-state index in [0.29, 0.717) is 19.8 Å². The molecule has 1 aliphatic heterocycles. The van der Waals surface area contributed by atoms with Crippen LogP contribution in [0.5, 0.6) is 0 Å². The molecule has 4 rings (SSSR count). The molecule has 5 nitrogen and oxygen atoms in total. The third-order valence-corrected chi connectivity index (χ3v) is 5.01. The molecule has 3 aromatic rings. The van der Waals surface area contributed by atoms with E-state index >= 15 is 0 Å². The van der Waals surface area contributed by atoms with Gasteiger partial charge in [0.25, 0.3) is 5.91 Å². The van der Waals surface area contributed by atoms with Gasteiger partial charge in [0, 0.05) is 17.4 Å². The summed E-state index contributed by atoms with van der Waals surface area (Å²) < 4.78 is 6.68. The van der Waals surface area contributed by atoms with Crippen LogP contribution in [0.25, 0.3) is 10.1 Å². The average Bonchev–Trinajstić information content (AvgIpc) is 3.23. The van der Waals surface area contributed by atoms with Gasteiger partial charge in [-0.3, -0.25) is 9.89 Å². The predicted molar refractivity (Wildman–Crippen MR) is 85.0 cm³/mol. The second-order valence-corrected chi connectivity index (χ2v) is 6.33. The number of aromatic nitrogens is 2. The van der Waals surface area contributed by atoms with E-state index in [4.69, 9.17) is 4.74 Å². The van der Waals surface area contributed by atoms with Gasteiger partial charge >= 0.3 is 0 Å². The summed E-state index contributed by atoms with van der Waals surface area (Å²) in [6.07, 6.45) is 1.70. The zero-order chi connectivity index (χ0) is 14.9. The fraction of sp³-hybridized carbons (Fsp3) is 0.250. The minimum atomic E-state index is -0.103. The Morgan fingerprint density at radius 1 is 1.36 bits per heavy atom. The van der Waals surface area contributed by atoms with E-state index in [9.17, 15) is 4.79 Å². The lowest BCUT2D eigenvalue weighted by molar-refractivity contribution is -0.00364. The number of morpholine rings is 1. The van der Waals surface area contributed by atoms with Crippen molar-refractivity contribution in [2.75, 3.05) is 19.8 Å². The number of fused-ring (bicyclic) bond motifs is 1. The van der Waals surface area contributed by atoms with Crippen LogP contribution in [0, 0.1) is 0 Å². The van der Waals surface area contributed by atoms with E-state index in [2.05, 4.69) is 10.2 Å². The number of benzene rings is 1. The van der Waals surface area contributed by atoms with Crippen LogP contribution in [0.3, 0.4) is 0 Å². The molecule has 1 unspecified atom stereocenters. The number of amides is 1. The summed E-state index contributed by atoms with van der Waals surface area (Å²) in [5.41, 5.74) is 0.911. The second-order valence-electron chi connectivity index (χ2n) is 5.25. The van der Waals surface area contributed by atoms with Crippen molar-refractivity contribution in [1.82, 2.24) is 15.1 Å². The van der Waals surface area contributed by atoms with Gasteiger partial charge in [-0.25, -0.2) is 0 Å². The van der Waals surface area contributed by atoms with Crippen LogP contribution in [-0.2, 0) is 4.74 Å². The molecule has 0 saturated carbocycles. The Morgan fingerprint density at radius 2 is 2.27 bits per heavy atom. The third-order valence-electron chi connectivity index (χ3n) is 3.91.